The molecule has 2 unspecified atom stereocenters. The lowest BCUT2D eigenvalue weighted by atomic mass is 10.0. The van der Waals surface area contributed by atoms with E-state index < -0.39 is 40.0 Å². The minimum atomic E-state index is -3.90. The van der Waals surface area contributed by atoms with E-state index in [1.54, 1.807) is 98.8 Å². The van der Waals surface area contributed by atoms with Crippen LogP contribution in [0.5, 0.6) is 0 Å². The maximum atomic E-state index is 14.0. The van der Waals surface area contributed by atoms with Crippen LogP contribution in [0.3, 0.4) is 0 Å². The number of hydrogen-bond acceptors (Lipinski definition) is 6. The van der Waals surface area contributed by atoms with Crippen LogP contribution in [0.1, 0.15) is 60.3 Å². The third-order valence-electron chi connectivity index (χ3n) is 7.77. The fourth-order valence-electron chi connectivity index (χ4n) is 5.15. The van der Waals surface area contributed by atoms with Gasteiger partial charge in [0.2, 0.25) is 0 Å². The Morgan fingerprint density at radius 3 is 1.38 bits per heavy atom. The highest BCUT2D eigenvalue weighted by Crippen LogP contribution is 2.28. The fraction of sp³-hybridized carbons (Fsp3) is 0.316. The van der Waals surface area contributed by atoms with Gasteiger partial charge in [0.05, 0.1) is 30.9 Å². The second kappa shape index (κ2) is 17.0. The minimum Gasteiger partial charge on any atom is -0.223 e. The number of allylic oxidation sites excluding steroid dienone is 5. The predicted octanol–water partition coefficient (Wildman–Crippen LogP) is 8.51. The first-order chi connectivity index (χ1) is 22.1. The number of hydrogen-bond donors (Lipinski definition) is 0. The lowest BCUT2D eigenvalue weighted by Gasteiger charge is -2.19. The van der Waals surface area contributed by atoms with Crippen molar-refractivity contribution in [2.24, 2.45) is 0 Å². The summed E-state index contributed by atoms with van der Waals surface area (Å²) in [5, 5.41) is -1.94. The molecule has 0 radical (unpaired) electrons. The Morgan fingerprint density at radius 1 is 0.532 bits per heavy atom. The Balaban J connectivity index is 2.00. The number of sulfone groups is 3. The molecule has 0 aromatic heterocycles. The Kier molecular flexibility index (Phi) is 13.7. The van der Waals surface area contributed by atoms with E-state index in [9.17, 15) is 25.3 Å². The molecule has 3 aromatic carbocycles. The van der Waals surface area contributed by atoms with E-state index in [1.165, 1.54) is 29.8 Å². The molecule has 9 heteroatoms. The summed E-state index contributed by atoms with van der Waals surface area (Å²) in [6.45, 7) is 9.44. The molecule has 0 saturated heterocycles. The van der Waals surface area contributed by atoms with Crippen LogP contribution in [0, 0.1) is 0 Å². The van der Waals surface area contributed by atoms with E-state index in [2.05, 4.69) is 6.08 Å². The fourth-order valence-corrected chi connectivity index (χ4v) is 9.98. The molecule has 0 amide bonds. The lowest BCUT2D eigenvalue weighted by molar-refractivity contribution is 0.586. The van der Waals surface area contributed by atoms with E-state index in [0.717, 1.165) is 12.0 Å². The van der Waals surface area contributed by atoms with E-state index in [0.29, 0.717) is 17.6 Å². The van der Waals surface area contributed by atoms with Gasteiger partial charge in [-0.2, -0.15) is 0 Å². The van der Waals surface area contributed by atoms with E-state index >= 15 is 0 Å². The molecule has 0 heterocycles. The molecule has 3 rings (SSSR count). The minimum absolute atomic E-state index is 0.0482. The molecular formula is C38H46O6S3. The SMILES string of the molecule is CC(C)=CCCC(C)=CC(CC(C)=CC(CC(C)=CCS(=O)(=O)c1ccccc1)S(=O)(=O)c1ccccc1)S(=O)(=O)c1ccccc1. The van der Waals surface area contributed by atoms with Crippen LogP contribution >= 0.6 is 0 Å². The van der Waals surface area contributed by atoms with E-state index in [4.69, 9.17) is 0 Å². The Morgan fingerprint density at radius 2 is 0.936 bits per heavy atom. The van der Waals surface area contributed by atoms with Crippen molar-refractivity contribution in [1.82, 2.24) is 0 Å². The van der Waals surface area contributed by atoms with Crippen molar-refractivity contribution in [3.63, 3.8) is 0 Å². The summed E-state index contributed by atoms with van der Waals surface area (Å²) in [6, 6.07) is 24.5. The van der Waals surface area contributed by atoms with Crippen LogP contribution in [0.4, 0.5) is 0 Å². The Bertz CT molecular complexity index is 1920. The largest absolute Gasteiger partial charge is 0.223 e. The van der Waals surface area contributed by atoms with Crippen molar-refractivity contribution in [3.8, 4) is 0 Å². The van der Waals surface area contributed by atoms with Crippen LogP contribution < -0.4 is 0 Å². The van der Waals surface area contributed by atoms with Crippen LogP contribution in [-0.2, 0) is 29.5 Å². The summed E-state index contributed by atoms with van der Waals surface area (Å²) in [5.74, 6) is -0.266. The van der Waals surface area contributed by atoms with E-state index in [-0.39, 0.29) is 33.3 Å². The van der Waals surface area contributed by atoms with Crippen molar-refractivity contribution >= 4 is 29.5 Å². The molecule has 0 saturated carbocycles. The molecule has 0 fully saturated rings. The zero-order valence-electron chi connectivity index (χ0n) is 27.8. The summed E-state index contributed by atoms with van der Waals surface area (Å²) < 4.78 is 81.5. The van der Waals surface area contributed by atoms with Crippen molar-refractivity contribution in [1.29, 1.82) is 0 Å². The average molecular weight is 695 g/mol. The Hall–Kier alpha value is -3.53. The smallest absolute Gasteiger partial charge is 0.185 e. The molecule has 0 aliphatic heterocycles. The topological polar surface area (TPSA) is 102 Å². The first kappa shape index (κ1) is 37.9. The van der Waals surface area contributed by atoms with Gasteiger partial charge in [0.25, 0.3) is 0 Å². The lowest BCUT2D eigenvalue weighted by Crippen LogP contribution is -2.23. The molecule has 0 N–H and O–H groups in total. The molecule has 6 nitrogen and oxygen atoms in total. The summed E-state index contributed by atoms with van der Waals surface area (Å²) in [4.78, 5) is 0.545. The molecule has 0 spiro atoms. The monoisotopic (exact) mass is 694 g/mol. The van der Waals surface area contributed by atoms with Gasteiger partial charge in [-0.05, 0) is 96.7 Å². The predicted molar refractivity (Wildman–Crippen MR) is 192 cm³/mol. The van der Waals surface area contributed by atoms with Crippen LogP contribution in [0.25, 0.3) is 0 Å². The highest BCUT2D eigenvalue weighted by molar-refractivity contribution is 7.92. The maximum Gasteiger partial charge on any atom is 0.185 e. The number of rotatable bonds is 16. The number of benzene rings is 3. The first-order valence-corrected chi connectivity index (χ1v) is 20.4. The van der Waals surface area contributed by atoms with Crippen LogP contribution in [0.15, 0.2) is 152 Å². The average Bonchev–Trinajstić information content (AvgIpc) is 3.04. The van der Waals surface area contributed by atoms with Gasteiger partial charge in [-0.3, -0.25) is 0 Å². The van der Waals surface area contributed by atoms with Gasteiger partial charge in [-0.1, -0.05) is 101 Å². The van der Waals surface area contributed by atoms with Gasteiger partial charge >= 0.3 is 0 Å². The first-order valence-electron chi connectivity index (χ1n) is 15.6. The van der Waals surface area contributed by atoms with Crippen molar-refractivity contribution < 1.29 is 25.3 Å². The maximum absolute atomic E-state index is 14.0. The van der Waals surface area contributed by atoms with E-state index in [1.807, 2.05) is 20.8 Å². The highest BCUT2D eigenvalue weighted by atomic mass is 32.2. The molecule has 0 aliphatic rings. The zero-order valence-corrected chi connectivity index (χ0v) is 30.3. The van der Waals surface area contributed by atoms with Crippen molar-refractivity contribution in [2.45, 2.75) is 85.5 Å². The summed E-state index contributed by atoms with van der Waals surface area (Å²) in [7, 11) is -11.3. The normalized spacial score (nSPS) is 14.8. The summed E-state index contributed by atoms with van der Waals surface area (Å²) in [5.41, 5.74) is 3.34. The third kappa shape index (κ3) is 11.3. The molecular weight excluding hydrogens is 649 g/mol. The molecule has 3 aromatic rings. The van der Waals surface area contributed by atoms with Crippen molar-refractivity contribution in [2.75, 3.05) is 5.75 Å². The molecule has 0 bridgehead atoms. The Labute approximate surface area is 282 Å². The summed E-state index contributed by atoms with van der Waals surface area (Å²) in [6.07, 6.45) is 8.74. The third-order valence-corrected chi connectivity index (χ3v) is 13.4. The van der Waals surface area contributed by atoms with Gasteiger partial charge in [-0.15, -0.1) is 0 Å². The summed E-state index contributed by atoms with van der Waals surface area (Å²) >= 11 is 0. The van der Waals surface area contributed by atoms with Crippen molar-refractivity contribution in [3.05, 3.63) is 138 Å². The van der Waals surface area contributed by atoms with Gasteiger partial charge < -0.3 is 0 Å². The highest BCUT2D eigenvalue weighted by Gasteiger charge is 2.29. The molecule has 47 heavy (non-hydrogen) atoms. The molecule has 2 atom stereocenters. The second-order valence-electron chi connectivity index (χ2n) is 12.2. The van der Waals surface area contributed by atoms with Gasteiger partial charge in [0.15, 0.2) is 29.5 Å². The van der Waals surface area contributed by atoms with Crippen LogP contribution in [-0.4, -0.2) is 41.5 Å². The zero-order chi connectivity index (χ0) is 34.7. The van der Waals surface area contributed by atoms with Crippen LogP contribution in [0.2, 0.25) is 0 Å². The van der Waals surface area contributed by atoms with Gasteiger partial charge in [0, 0.05) is 0 Å². The standard InChI is InChI=1S/C38H46O6S3/c1-30(2)16-15-17-31(3)26-37(46(41,42)35-20-11-7-12-21-35)28-33(5)29-38(47(43,44)36-22-13-8-14-23-36)27-32(4)24-25-45(39,40)34-18-9-6-10-19-34/h6-14,16,18-24,26,29,37-38H,15,17,25,27-28H2,1-5H3. The quantitative estimate of drug-likeness (QED) is 0.139. The molecule has 252 valence electrons. The van der Waals surface area contributed by atoms with Gasteiger partial charge in [-0.25, -0.2) is 25.3 Å². The second-order valence-corrected chi connectivity index (χ2v) is 18.6. The molecule has 0 aliphatic carbocycles. The van der Waals surface area contributed by atoms with Gasteiger partial charge in [0.1, 0.15) is 0 Å².